The van der Waals surface area contributed by atoms with Crippen LogP contribution in [0.2, 0.25) is 0 Å². The number of thiocarbonyl (C=S) groups is 1. The van der Waals surface area contributed by atoms with E-state index < -0.39 is 40.2 Å². The third-order valence-electron chi connectivity index (χ3n) is 4.43. The summed E-state index contributed by atoms with van der Waals surface area (Å²) in [6.45, 7) is 3.71. The van der Waals surface area contributed by atoms with Gasteiger partial charge in [0.05, 0.1) is 5.69 Å². The minimum absolute atomic E-state index is 0. The van der Waals surface area contributed by atoms with Gasteiger partial charge >= 0.3 is 39.8 Å². The van der Waals surface area contributed by atoms with Crippen LogP contribution in [0.5, 0.6) is 0 Å². The molecule has 198 valence electrons. The van der Waals surface area contributed by atoms with Crippen LogP contribution in [0.1, 0.15) is 25.0 Å². The maximum Gasteiger partial charge on any atom is 1.00 e. The molecule has 0 unspecified atom stereocenters. The van der Waals surface area contributed by atoms with E-state index in [-0.39, 0.29) is 63.2 Å². The predicted octanol–water partition coefficient (Wildman–Crippen LogP) is -0.732. The van der Waals surface area contributed by atoms with E-state index >= 15 is 0 Å². The molecular weight excluding hydrogens is 575 g/mol. The standard InChI is InChI=1S/C20H26N4O8S4.Na/c1-13(2)21-20(33)22-16-9-7-14(18(11-16)34(25,26)27)5-6-15-8-10-17(12-19(15)35(28,29)30)23-36(31,32)24(3)4;/h5-13,23H,1-4H3,(H2,21,22,33)(H,25,26,27)(H,28,29,30);/q;+1/b6-5+;. The third kappa shape index (κ3) is 9.90. The molecule has 0 atom stereocenters. The maximum absolute atomic E-state index is 12.0. The molecule has 0 saturated carbocycles. The SMILES string of the molecule is CC(C)NC(=S)Nc1ccc(/C=C/c2ccc(NS(=O)(=O)N(C)C)cc2S(=O)(=O)O)c(S(=O)(=O)O)c1.[Na+]. The predicted molar refractivity (Wildman–Crippen MR) is 142 cm³/mol. The number of hydrogen-bond donors (Lipinski definition) is 5. The molecule has 0 fully saturated rings. The van der Waals surface area contributed by atoms with Crippen LogP contribution in [0.25, 0.3) is 12.2 Å². The molecule has 0 aliphatic carbocycles. The molecule has 0 radical (unpaired) electrons. The molecule has 0 aliphatic rings. The fourth-order valence-electron chi connectivity index (χ4n) is 2.78. The molecule has 0 saturated heterocycles. The van der Waals surface area contributed by atoms with Gasteiger partial charge in [0, 0.05) is 25.8 Å². The minimum Gasteiger partial charge on any atom is -0.360 e. The van der Waals surface area contributed by atoms with Gasteiger partial charge in [-0.05, 0) is 61.5 Å². The minimum atomic E-state index is -4.80. The second-order valence-electron chi connectivity index (χ2n) is 7.93. The Morgan fingerprint density at radius 2 is 1.30 bits per heavy atom. The van der Waals surface area contributed by atoms with Crippen molar-refractivity contribution in [3.63, 3.8) is 0 Å². The molecule has 0 spiro atoms. The summed E-state index contributed by atoms with van der Waals surface area (Å²) in [5, 5.41) is 5.96. The van der Waals surface area contributed by atoms with Gasteiger partial charge in [-0.25, -0.2) is 0 Å². The van der Waals surface area contributed by atoms with E-state index in [1.807, 2.05) is 13.8 Å². The number of nitrogens with zero attached hydrogens (tertiary/aromatic N) is 1. The molecule has 0 amide bonds. The van der Waals surface area contributed by atoms with Gasteiger partial charge in [0.1, 0.15) is 9.79 Å². The van der Waals surface area contributed by atoms with Gasteiger partial charge in [-0.3, -0.25) is 13.8 Å². The quantitative estimate of drug-likeness (QED) is 0.106. The van der Waals surface area contributed by atoms with E-state index in [4.69, 9.17) is 12.2 Å². The fraction of sp³-hybridized carbons (Fsp3) is 0.250. The monoisotopic (exact) mass is 601 g/mol. The van der Waals surface area contributed by atoms with Crippen molar-refractivity contribution in [3.05, 3.63) is 47.5 Å². The third-order valence-corrected chi connectivity index (χ3v) is 7.92. The van der Waals surface area contributed by atoms with E-state index in [0.717, 1.165) is 16.4 Å². The Kier molecular flexibility index (Phi) is 11.7. The van der Waals surface area contributed by atoms with Crippen molar-refractivity contribution in [2.75, 3.05) is 24.1 Å². The first-order chi connectivity index (χ1) is 16.4. The fourth-order valence-corrected chi connectivity index (χ4v) is 5.16. The van der Waals surface area contributed by atoms with Crippen molar-refractivity contribution in [3.8, 4) is 0 Å². The average Bonchev–Trinajstić information content (AvgIpc) is 2.71. The first-order valence-corrected chi connectivity index (χ1v) is 14.8. The van der Waals surface area contributed by atoms with Gasteiger partial charge < -0.3 is 10.6 Å². The summed E-state index contributed by atoms with van der Waals surface area (Å²) < 4.78 is 94.3. The Balaban J connectivity index is 0.00000684. The van der Waals surface area contributed by atoms with Gasteiger partial charge in [-0.1, -0.05) is 24.3 Å². The zero-order chi connectivity index (χ0) is 27.5. The van der Waals surface area contributed by atoms with Gasteiger partial charge in [0.15, 0.2) is 5.11 Å². The zero-order valence-electron chi connectivity index (χ0n) is 20.6. The van der Waals surface area contributed by atoms with Crippen LogP contribution in [0.3, 0.4) is 0 Å². The molecule has 0 heterocycles. The average molecular weight is 602 g/mol. The molecule has 0 aromatic heterocycles. The molecule has 2 rings (SSSR count). The van der Waals surface area contributed by atoms with Crippen molar-refractivity contribution in [1.29, 1.82) is 0 Å². The second kappa shape index (κ2) is 13.0. The summed E-state index contributed by atoms with van der Waals surface area (Å²) in [5.74, 6) is 0. The zero-order valence-corrected chi connectivity index (χ0v) is 25.9. The number of nitrogens with one attached hydrogen (secondary N) is 3. The molecular formula is C20H26N4NaO8S4+. The second-order valence-corrected chi connectivity index (χ2v) is 13.0. The van der Waals surface area contributed by atoms with Crippen LogP contribution in [-0.4, -0.2) is 63.9 Å². The maximum atomic E-state index is 12.0. The molecule has 12 nitrogen and oxygen atoms in total. The van der Waals surface area contributed by atoms with Gasteiger partial charge in [-0.15, -0.1) is 0 Å². The summed E-state index contributed by atoms with van der Waals surface area (Å²) in [6.07, 6.45) is 2.40. The van der Waals surface area contributed by atoms with Crippen LogP contribution in [-0.2, 0) is 30.4 Å². The van der Waals surface area contributed by atoms with Crippen molar-refractivity contribution in [1.82, 2.24) is 9.62 Å². The number of benzene rings is 2. The number of rotatable bonds is 9. The summed E-state index contributed by atoms with van der Waals surface area (Å²) >= 11 is 5.13. The largest absolute Gasteiger partial charge is 1.00 e. The van der Waals surface area contributed by atoms with E-state index in [9.17, 15) is 34.4 Å². The summed E-state index contributed by atoms with van der Waals surface area (Å²) in [5.41, 5.74) is 0.0724. The van der Waals surface area contributed by atoms with Crippen molar-refractivity contribution >= 4 is 71.3 Å². The topological polar surface area (TPSA) is 182 Å². The van der Waals surface area contributed by atoms with Crippen LogP contribution in [0, 0.1) is 0 Å². The van der Waals surface area contributed by atoms with E-state index in [1.54, 1.807) is 0 Å². The van der Waals surface area contributed by atoms with Crippen molar-refractivity contribution in [2.24, 2.45) is 0 Å². The van der Waals surface area contributed by atoms with Gasteiger partial charge in [0.25, 0.3) is 20.2 Å². The van der Waals surface area contributed by atoms with Crippen molar-refractivity contribution in [2.45, 2.75) is 29.7 Å². The van der Waals surface area contributed by atoms with Crippen LogP contribution < -0.4 is 44.9 Å². The van der Waals surface area contributed by atoms with Crippen molar-refractivity contribution < 1.29 is 63.9 Å². The smallest absolute Gasteiger partial charge is 0.360 e. The normalized spacial score (nSPS) is 12.4. The van der Waals surface area contributed by atoms with E-state index in [0.29, 0.717) is 0 Å². The van der Waals surface area contributed by atoms with Crippen LogP contribution in [0.4, 0.5) is 11.4 Å². The molecule has 5 N–H and O–H groups in total. The Labute approximate surface area is 244 Å². The molecule has 2 aromatic rings. The molecule has 0 bridgehead atoms. The van der Waals surface area contributed by atoms with Crippen LogP contribution in [0.15, 0.2) is 46.2 Å². The molecule has 37 heavy (non-hydrogen) atoms. The van der Waals surface area contributed by atoms with Gasteiger partial charge in [0.2, 0.25) is 0 Å². The van der Waals surface area contributed by atoms with E-state index in [2.05, 4.69) is 15.4 Å². The molecule has 0 aliphatic heterocycles. The summed E-state index contributed by atoms with van der Waals surface area (Å²) in [7, 11) is -10.9. The summed E-state index contributed by atoms with van der Waals surface area (Å²) in [4.78, 5) is -1.12. The summed E-state index contributed by atoms with van der Waals surface area (Å²) in [6, 6.07) is 7.40. The van der Waals surface area contributed by atoms with Gasteiger partial charge in [-0.2, -0.15) is 29.6 Å². The Hall–Kier alpha value is -1.60. The van der Waals surface area contributed by atoms with Crippen LogP contribution >= 0.6 is 12.2 Å². The Morgan fingerprint density at radius 3 is 1.70 bits per heavy atom. The van der Waals surface area contributed by atoms with E-state index in [1.165, 1.54) is 50.5 Å². The number of hydrogen-bond acceptors (Lipinski definition) is 7. The molecule has 2 aromatic carbocycles. The Bertz CT molecular complexity index is 1510. The molecule has 17 heteroatoms. The first-order valence-electron chi connectivity index (χ1n) is 10.1. The Morgan fingerprint density at radius 1 is 0.865 bits per heavy atom. The first kappa shape index (κ1) is 33.4. The number of anilines is 2.